The van der Waals surface area contributed by atoms with Gasteiger partial charge in [-0.3, -0.25) is 9.52 Å². The van der Waals surface area contributed by atoms with Gasteiger partial charge in [-0.25, -0.2) is 8.42 Å². The Bertz CT molecular complexity index is 693. The van der Waals surface area contributed by atoms with Crippen LogP contribution in [0.4, 0.5) is 5.69 Å². The molecule has 0 saturated carbocycles. The fourth-order valence-electron chi connectivity index (χ4n) is 2.43. The van der Waals surface area contributed by atoms with Gasteiger partial charge in [-0.15, -0.1) is 0 Å². The Hall–Kier alpha value is -1.82. The van der Waals surface area contributed by atoms with E-state index in [1.54, 1.807) is 25.1 Å². The number of amides is 1. The monoisotopic (exact) mass is 322 g/mol. The van der Waals surface area contributed by atoms with Gasteiger partial charge in [0.15, 0.2) is 0 Å². The fraction of sp³-hybridized carbons (Fsp3) is 0.438. The van der Waals surface area contributed by atoms with Crippen LogP contribution in [0.2, 0.25) is 0 Å². The van der Waals surface area contributed by atoms with Crippen molar-refractivity contribution in [3.8, 4) is 0 Å². The molecule has 2 N–H and O–H groups in total. The average Bonchev–Trinajstić information content (AvgIpc) is 2.47. The van der Waals surface area contributed by atoms with Crippen LogP contribution < -0.4 is 10.0 Å². The predicted molar refractivity (Wildman–Crippen MR) is 88.5 cm³/mol. The smallest absolute Gasteiger partial charge is 0.251 e. The molecule has 1 aliphatic carbocycles. The van der Waals surface area contributed by atoms with Gasteiger partial charge in [-0.1, -0.05) is 17.7 Å². The maximum absolute atomic E-state index is 12.2. The number of sulfonamides is 1. The molecule has 0 fully saturated rings. The van der Waals surface area contributed by atoms with Crippen molar-refractivity contribution in [1.82, 2.24) is 5.32 Å². The molecule has 0 aromatic heterocycles. The Balaban J connectivity index is 2.06. The van der Waals surface area contributed by atoms with Gasteiger partial charge in [-0.05, 0) is 50.3 Å². The van der Waals surface area contributed by atoms with Crippen molar-refractivity contribution in [1.29, 1.82) is 0 Å². The molecule has 0 spiro atoms. The molecule has 1 amide bonds. The number of carbonyl (C=O) groups is 1. The summed E-state index contributed by atoms with van der Waals surface area (Å²) in [4.78, 5) is 12.2. The molecule has 22 heavy (non-hydrogen) atoms. The summed E-state index contributed by atoms with van der Waals surface area (Å²) in [7, 11) is -3.36. The van der Waals surface area contributed by atoms with E-state index in [9.17, 15) is 13.2 Å². The summed E-state index contributed by atoms with van der Waals surface area (Å²) in [6.07, 6.45) is 7.79. The topological polar surface area (TPSA) is 75.3 Å². The van der Waals surface area contributed by atoms with Crippen LogP contribution in [0.15, 0.2) is 29.8 Å². The van der Waals surface area contributed by atoms with Gasteiger partial charge < -0.3 is 5.32 Å². The van der Waals surface area contributed by atoms with Crippen molar-refractivity contribution < 1.29 is 13.2 Å². The lowest BCUT2D eigenvalue weighted by Gasteiger charge is -2.14. The van der Waals surface area contributed by atoms with Crippen LogP contribution in [0.5, 0.6) is 0 Å². The number of carbonyl (C=O) groups excluding carboxylic acids is 1. The molecule has 0 atom stereocenters. The first-order chi connectivity index (χ1) is 10.3. The molecule has 0 saturated heterocycles. The van der Waals surface area contributed by atoms with Crippen LogP contribution in [-0.2, 0) is 10.0 Å². The molecule has 0 unspecified atom stereocenters. The maximum Gasteiger partial charge on any atom is 0.251 e. The summed E-state index contributed by atoms with van der Waals surface area (Å²) < 4.78 is 25.1. The zero-order valence-electron chi connectivity index (χ0n) is 13.0. The van der Waals surface area contributed by atoms with E-state index in [-0.39, 0.29) is 5.91 Å². The lowest BCUT2D eigenvalue weighted by atomic mass is 9.99. The van der Waals surface area contributed by atoms with Gasteiger partial charge in [0.25, 0.3) is 5.91 Å². The molecule has 1 aliphatic rings. The Kier molecular flexibility index (Phi) is 5.24. The van der Waals surface area contributed by atoms with E-state index >= 15 is 0 Å². The number of hydrogen-bond acceptors (Lipinski definition) is 3. The minimum atomic E-state index is -3.36. The third-order valence-electron chi connectivity index (χ3n) is 3.66. The summed E-state index contributed by atoms with van der Waals surface area (Å²) in [6, 6.07) is 5.01. The summed E-state index contributed by atoms with van der Waals surface area (Å²) in [5, 5.41) is 2.89. The highest BCUT2D eigenvalue weighted by atomic mass is 32.2. The van der Waals surface area contributed by atoms with E-state index in [1.165, 1.54) is 18.4 Å². The van der Waals surface area contributed by atoms with Crippen LogP contribution in [0.1, 0.15) is 41.6 Å². The predicted octanol–water partition coefficient (Wildman–Crippen LogP) is 2.60. The van der Waals surface area contributed by atoms with E-state index < -0.39 is 10.0 Å². The lowest BCUT2D eigenvalue weighted by molar-refractivity contribution is 0.0956. The number of rotatable bonds is 5. The van der Waals surface area contributed by atoms with E-state index in [1.807, 2.05) is 0 Å². The van der Waals surface area contributed by atoms with Crippen molar-refractivity contribution in [3.05, 3.63) is 41.0 Å². The van der Waals surface area contributed by atoms with E-state index in [4.69, 9.17) is 0 Å². The van der Waals surface area contributed by atoms with Crippen LogP contribution >= 0.6 is 0 Å². The largest absolute Gasteiger partial charge is 0.348 e. The van der Waals surface area contributed by atoms with Crippen molar-refractivity contribution in [2.75, 3.05) is 17.5 Å². The molecule has 0 radical (unpaired) electrons. The first kappa shape index (κ1) is 16.5. The normalized spacial score (nSPS) is 15.1. The Labute approximate surface area is 131 Å². The van der Waals surface area contributed by atoms with Crippen LogP contribution in [-0.4, -0.2) is 27.1 Å². The molecule has 2 rings (SSSR count). The molecular weight excluding hydrogens is 300 g/mol. The minimum Gasteiger partial charge on any atom is -0.348 e. The molecule has 1 aromatic carbocycles. The zero-order chi connectivity index (χ0) is 16.2. The van der Waals surface area contributed by atoms with Crippen molar-refractivity contribution in [2.24, 2.45) is 0 Å². The highest BCUT2D eigenvalue weighted by Crippen LogP contribution is 2.19. The average molecular weight is 322 g/mol. The Morgan fingerprint density at radius 1 is 1.27 bits per heavy atom. The second kappa shape index (κ2) is 6.96. The Morgan fingerprint density at radius 3 is 2.68 bits per heavy atom. The number of nitrogens with one attached hydrogen (secondary N) is 2. The van der Waals surface area contributed by atoms with Crippen molar-refractivity contribution >= 4 is 21.6 Å². The van der Waals surface area contributed by atoms with Crippen molar-refractivity contribution in [2.45, 2.75) is 32.6 Å². The van der Waals surface area contributed by atoms with Gasteiger partial charge in [0, 0.05) is 12.1 Å². The number of anilines is 1. The number of benzene rings is 1. The van der Waals surface area contributed by atoms with Gasteiger partial charge in [0.05, 0.1) is 11.9 Å². The van der Waals surface area contributed by atoms with Gasteiger partial charge in [0.2, 0.25) is 10.0 Å². The molecule has 0 heterocycles. The molecule has 6 heteroatoms. The first-order valence-electron chi connectivity index (χ1n) is 7.40. The summed E-state index contributed by atoms with van der Waals surface area (Å²) in [5.41, 5.74) is 2.93. The van der Waals surface area contributed by atoms with Crippen LogP contribution in [0.25, 0.3) is 0 Å². The van der Waals surface area contributed by atoms with E-state index in [0.717, 1.165) is 24.7 Å². The highest BCUT2D eigenvalue weighted by molar-refractivity contribution is 7.92. The highest BCUT2D eigenvalue weighted by Gasteiger charge is 2.11. The summed E-state index contributed by atoms with van der Waals surface area (Å²) >= 11 is 0. The van der Waals surface area contributed by atoms with Crippen LogP contribution in [0, 0.1) is 6.92 Å². The molecule has 1 aromatic rings. The number of allylic oxidation sites excluding steroid dienone is 1. The van der Waals surface area contributed by atoms with Crippen molar-refractivity contribution in [3.63, 3.8) is 0 Å². The molecule has 120 valence electrons. The lowest BCUT2D eigenvalue weighted by Crippen LogP contribution is -2.26. The van der Waals surface area contributed by atoms with E-state index in [2.05, 4.69) is 16.1 Å². The van der Waals surface area contributed by atoms with Gasteiger partial charge in [0.1, 0.15) is 0 Å². The third-order valence-corrected chi connectivity index (χ3v) is 4.25. The van der Waals surface area contributed by atoms with Gasteiger partial charge >= 0.3 is 0 Å². The second-order valence-corrected chi connectivity index (χ2v) is 7.44. The number of hydrogen-bond donors (Lipinski definition) is 2. The molecule has 0 aliphatic heterocycles. The quantitative estimate of drug-likeness (QED) is 0.818. The number of aryl methyl sites for hydroxylation is 1. The van der Waals surface area contributed by atoms with Gasteiger partial charge in [-0.2, -0.15) is 0 Å². The fourth-order valence-corrected chi connectivity index (χ4v) is 3.05. The molecule has 5 nitrogen and oxygen atoms in total. The maximum atomic E-state index is 12.2. The second-order valence-electron chi connectivity index (χ2n) is 5.69. The van der Waals surface area contributed by atoms with Crippen LogP contribution in [0.3, 0.4) is 0 Å². The molecular formula is C16H22N2O3S. The zero-order valence-corrected chi connectivity index (χ0v) is 13.8. The Morgan fingerprint density at radius 2 is 2.05 bits per heavy atom. The summed E-state index contributed by atoms with van der Waals surface area (Å²) in [5.74, 6) is -0.192. The summed E-state index contributed by atoms with van der Waals surface area (Å²) in [6.45, 7) is 2.35. The molecule has 0 bridgehead atoms. The standard InChI is InChI=1S/C16H22N2O3S/c1-12-8-9-14(10-15(12)18-22(2,20)21)16(19)17-11-13-6-4-3-5-7-13/h6,8-10,18H,3-5,7,11H2,1-2H3,(H,17,19). The van der Waals surface area contributed by atoms with E-state index in [0.29, 0.717) is 17.8 Å². The SMILES string of the molecule is Cc1ccc(C(=O)NCC2=CCCCC2)cc1NS(C)(=O)=O. The first-order valence-corrected chi connectivity index (χ1v) is 9.29. The third kappa shape index (κ3) is 4.87. The minimum absolute atomic E-state index is 0.192.